The molecule has 1 aromatic heterocycles. The van der Waals surface area contributed by atoms with Crippen LogP contribution in [0.3, 0.4) is 0 Å². The molecule has 0 aliphatic carbocycles. The number of rotatable bonds is 4. The summed E-state index contributed by atoms with van der Waals surface area (Å²) >= 11 is 0. The third kappa shape index (κ3) is 2.04. The van der Waals surface area contributed by atoms with E-state index < -0.39 is 15.1 Å². The van der Waals surface area contributed by atoms with Crippen molar-refractivity contribution in [3.05, 3.63) is 23.2 Å². The first-order valence-electron chi connectivity index (χ1n) is 5.80. The van der Waals surface area contributed by atoms with E-state index in [2.05, 4.69) is 0 Å². The second kappa shape index (κ2) is 4.29. The summed E-state index contributed by atoms with van der Waals surface area (Å²) in [7, 11) is -3.14. The molecule has 1 aromatic rings. The van der Waals surface area contributed by atoms with Crippen LogP contribution in [0.2, 0.25) is 0 Å². The highest BCUT2D eigenvalue weighted by atomic mass is 32.2. The van der Waals surface area contributed by atoms with Crippen LogP contribution >= 0.6 is 0 Å². The van der Waals surface area contributed by atoms with E-state index in [1.165, 1.54) is 13.2 Å². The van der Waals surface area contributed by atoms with Crippen LogP contribution in [0.4, 0.5) is 0 Å². The number of ketones is 1. The first kappa shape index (κ1) is 12.4. The van der Waals surface area contributed by atoms with E-state index in [0.29, 0.717) is 17.5 Å². The van der Waals surface area contributed by atoms with Crippen LogP contribution in [0.5, 0.6) is 0 Å². The predicted molar refractivity (Wildman–Crippen MR) is 63.6 cm³/mol. The number of unbranched alkanes of at least 4 members (excludes halogenated alkanes) is 1. The van der Waals surface area contributed by atoms with Gasteiger partial charge in [-0.2, -0.15) is 0 Å². The van der Waals surface area contributed by atoms with E-state index in [9.17, 15) is 13.2 Å². The Bertz CT molecular complexity index is 539. The van der Waals surface area contributed by atoms with E-state index in [-0.39, 0.29) is 17.3 Å². The molecule has 0 radical (unpaired) electrons. The number of fused-ring (bicyclic) bond motifs is 1. The van der Waals surface area contributed by atoms with Crippen LogP contribution in [-0.4, -0.2) is 14.2 Å². The number of carbonyl (C=O) groups is 1. The highest BCUT2D eigenvalue weighted by Gasteiger charge is 2.40. The molecule has 2 heterocycles. The first-order valence-corrected chi connectivity index (χ1v) is 7.51. The number of furan rings is 1. The zero-order valence-corrected chi connectivity index (χ0v) is 10.8. The van der Waals surface area contributed by atoms with Gasteiger partial charge in [-0.15, -0.1) is 0 Å². The lowest BCUT2D eigenvalue weighted by molar-refractivity contribution is 0.0986. The van der Waals surface area contributed by atoms with Gasteiger partial charge in [0.2, 0.25) is 0 Å². The lowest BCUT2D eigenvalue weighted by Crippen LogP contribution is -2.07. The van der Waals surface area contributed by atoms with Crippen molar-refractivity contribution < 1.29 is 17.6 Å². The van der Waals surface area contributed by atoms with Crippen molar-refractivity contribution in [1.29, 1.82) is 0 Å². The standard InChI is InChI=1S/C12H16O4S/c1-3-4-5-11-9-6-16-12(8(2)13)10(9)7-17(11,14)15/h6,11H,3-5,7H2,1-2H3. The van der Waals surface area contributed by atoms with Crippen LogP contribution in [0.25, 0.3) is 0 Å². The molecule has 1 unspecified atom stereocenters. The molecule has 0 saturated heterocycles. The molecule has 0 N–H and O–H groups in total. The number of hydrogen-bond acceptors (Lipinski definition) is 4. The van der Waals surface area contributed by atoms with E-state index in [1.807, 2.05) is 6.92 Å². The summed E-state index contributed by atoms with van der Waals surface area (Å²) in [6.07, 6.45) is 3.88. The van der Waals surface area contributed by atoms with Crippen molar-refractivity contribution in [3.63, 3.8) is 0 Å². The van der Waals surface area contributed by atoms with Crippen LogP contribution in [0.1, 0.15) is 60.0 Å². The molecule has 0 fully saturated rings. The average Bonchev–Trinajstić information content (AvgIpc) is 2.70. The summed E-state index contributed by atoms with van der Waals surface area (Å²) in [6.45, 7) is 3.42. The quantitative estimate of drug-likeness (QED) is 0.777. The van der Waals surface area contributed by atoms with E-state index in [4.69, 9.17) is 4.42 Å². The van der Waals surface area contributed by atoms with Crippen LogP contribution in [0.15, 0.2) is 10.7 Å². The third-order valence-corrected chi connectivity index (χ3v) is 5.24. The van der Waals surface area contributed by atoms with Crippen molar-refractivity contribution in [2.45, 2.75) is 44.1 Å². The Labute approximate surface area is 101 Å². The smallest absolute Gasteiger partial charge is 0.195 e. The number of Topliss-reactive ketones (excluding diaryl/α,β-unsaturated/α-hetero) is 1. The average molecular weight is 256 g/mol. The predicted octanol–water partition coefficient (Wildman–Crippen LogP) is 2.64. The van der Waals surface area contributed by atoms with Gasteiger partial charge in [-0.25, -0.2) is 8.42 Å². The van der Waals surface area contributed by atoms with Gasteiger partial charge in [0.05, 0.1) is 17.3 Å². The van der Waals surface area contributed by atoms with Gasteiger partial charge in [-0.1, -0.05) is 19.8 Å². The minimum Gasteiger partial charge on any atom is -0.461 e. The fourth-order valence-electron chi connectivity index (χ4n) is 2.33. The summed E-state index contributed by atoms with van der Waals surface area (Å²) < 4.78 is 29.2. The number of sulfone groups is 1. The van der Waals surface area contributed by atoms with Gasteiger partial charge in [0.25, 0.3) is 0 Å². The summed E-state index contributed by atoms with van der Waals surface area (Å²) in [6, 6.07) is 0. The van der Waals surface area contributed by atoms with Crippen molar-refractivity contribution in [3.8, 4) is 0 Å². The maximum atomic E-state index is 12.0. The monoisotopic (exact) mass is 256 g/mol. The lowest BCUT2D eigenvalue weighted by Gasteiger charge is -2.08. The molecule has 0 bridgehead atoms. The maximum absolute atomic E-state index is 12.0. The van der Waals surface area contributed by atoms with Crippen molar-refractivity contribution in [1.82, 2.24) is 0 Å². The Balaban J connectivity index is 2.40. The second-order valence-electron chi connectivity index (χ2n) is 4.49. The zero-order chi connectivity index (χ0) is 12.6. The molecule has 1 aliphatic heterocycles. The first-order chi connectivity index (χ1) is 7.97. The van der Waals surface area contributed by atoms with E-state index in [0.717, 1.165) is 12.8 Å². The van der Waals surface area contributed by atoms with Crippen LogP contribution in [0, 0.1) is 0 Å². The molecule has 2 rings (SSSR count). The summed E-state index contributed by atoms with van der Waals surface area (Å²) in [4.78, 5) is 11.3. The maximum Gasteiger partial charge on any atom is 0.195 e. The minimum atomic E-state index is -3.14. The van der Waals surface area contributed by atoms with Gasteiger partial charge in [-0.3, -0.25) is 4.79 Å². The summed E-state index contributed by atoms with van der Waals surface area (Å²) in [5, 5.41) is -0.478. The van der Waals surface area contributed by atoms with Crippen molar-refractivity contribution in [2.24, 2.45) is 0 Å². The summed E-state index contributed by atoms with van der Waals surface area (Å²) in [5.41, 5.74) is 1.28. The van der Waals surface area contributed by atoms with Gasteiger partial charge in [-0.05, 0) is 6.42 Å². The Morgan fingerprint density at radius 2 is 2.24 bits per heavy atom. The van der Waals surface area contributed by atoms with Gasteiger partial charge in [0, 0.05) is 18.1 Å². The fourth-order valence-corrected chi connectivity index (χ4v) is 4.34. The molecule has 0 aromatic carbocycles. The lowest BCUT2D eigenvalue weighted by atomic mass is 10.0. The fraction of sp³-hybridized carbons (Fsp3) is 0.583. The van der Waals surface area contributed by atoms with E-state index >= 15 is 0 Å². The molecule has 94 valence electrons. The SMILES string of the molecule is CCCCC1c2coc(C(C)=O)c2CS1(=O)=O. The molecule has 1 aliphatic rings. The molecule has 0 amide bonds. The largest absolute Gasteiger partial charge is 0.461 e. The van der Waals surface area contributed by atoms with Gasteiger partial charge in [0.15, 0.2) is 21.4 Å². The van der Waals surface area contributed by atoms with Crippen LogP contribution in [-0.2, 0) is 15.6 Å². The number of carbonyl (C=O) groups excluding carboxylic acids is 1. The Hall–Kier alpha value is -1.10. The molecular weight excluding hydrogens is 240 g/mol. The Morgan fingerprint density at radius 1 is 1.53 bits per heavy atom. The Kier molecular flexibility index (Phi) is 3.12. The molecule has 0 saturated carbocycles. The van der Waals surface area contributed by atoms with Gasteiger partial charge < -0.3 is 4.42 Å². The minimum absolute atomic E-state index is 0.0534. The topological polar surface area (TPSA) is 64.3 Å². The van der Waals surface area contributed by atoms with E-state index in [1.54, 1.807) is 0 Å². The van der Waals surface area contributed by atoms with Crippen molar-refractivity contribution in [2.75, 3.05) is 0 Å². The van der Waals surface area contributed by atoms with Gasteiger partial charge >= 0.3 is 0 Å². The normalized spacial score (nSPS) is 21.4. The van der Waals surface area contributed by atoms with Crippen LogP contribution < -0.4 is 0 Å². The highest BCUT2D eigenvalue weighted by molar-refractivity contribution is 7.91. The highest BCUT2D eigenvalue weighted by Crippen LogP contribution is 2.42. The second-order valence-corrected chi connectivity index (χ2v) is 6.68. The third-order valence-electron chi connectivity index (χ3n) is 3.19. The summed E-state index contributed by atoms with van der Waals surface area (Å²) in [5.74, 6) is -0.0533. The molecule has 4 nitrogen and oxygen atoms in total. The molecule has 0 spiro atoms. The molecular formula is C12H16O4S. The number of hydrogen-bond donors (Lipinski definition) is 0. The zero-order valence-electron chi connectivity index (χ0n) is 10.0. The molecule has 5 heteroatoms. The van der Waals surface area contributed by atoms with Gasteiger partial charge in [0.1, 0.15) is 0 Å². The Morgan fingerprint density at radius 3 is 2.82 bits per heavy atom. The molecule has 17 heavy (non-hydrogen) atoms. The molecule has 1 atom stereocenters. The van der Waals surface area contributed by atoms with Crippen molar-refractivity contribution >= 4 is 15.6 Å².